The maximum Gasteiger partial charge on any atom is 0.0119 e. The molecule has 0 nitrogen and oxygen atoms in total. The Morgan fingerprint density at radius 3 is 1.97 bits per heavy atom. The van der Waals surface area contributed by atoms with Gasteiger partial charge in [0.05, 0.1) is 0 Å². The average Bonchev–Trinajstić information content (AvgIpc) is 2.79. The molecule has 0 saturated heterocycles. The molecule has 0 N–H and O–H groups in total. The molecule has 0 spiro atoms. The van der Waals surface area contributed by atoms with E-state index in [1.54, 1.807) is 16.7 Å². The van der Waals surface area contributed by atoms with Crippen LogP contribution in [0.4, 0.5) is 0 Å². The highest BCUT2D eigenvalue weighted by Gasteiger charge is 2.24. The second-order valence-electron chi connectivity index (χ2n) is 10.2. The number of thiol groups is 1. The van der Waals surface area contributed by atoms with Crippen LogP contribution in [0.5, 0.6) is 0 Å². The van der Waals surface area contributed by atoms with Gasteiger partial charge < -0.3 is 0 Å². The highest BCUT2D eigenvalue weighted by molar-refractivity contribution is 7.80. The molecule has 0 amide bonds. The van der Waals surface area contributed by atoms with E-state index in [4.69, 9.17) is 12.6 Å². The first-order valence-electron chi connectivity index (χ1n) is 12.4. The second-order valence-corrected chi connectivity index (χ2v) is 10.5. The third-order valence-corrected chi connectivity index (χ3v) is 8.55. The van der Waals surface area contributed by atoms with Crippen molar-refractivity contribution in [2.24, 2.45) is 0 Å². The molecule has 1 aromatic rings. The van der Waals surface area contributed by atoms with Gasteiger partial charge in [0.1, 0.15) is 0 Å². The number of allylic oxidation sites excluding steroid dienone is 7. The number of aryl methyl sites for hydroxylation is 2. The lowest BCUT2D eigenvalue weighted by Gasteiger charge is -2.27. The third-order valence-electron chi connectivity index (χ3n) is 8.17. The lowest BCUT2D eigenvalue weighted by atomic mass is 9.78. The minimum Gasteiger partial charge on any atom is -0.175 e. The Morgan fingerprint density at radius 1 is 0.938 bits per heavy atom. The van der Waals surface area contributed by atoms with Crippen molar-refractivity contribution < 1.29 is 0 Å². The lowest BCUT2D eigenvalue weighted by Crippen LogP contribution is -2.10. The first-order valence-corrected chi connectivity index (χ1v) is 13.0. The van der Waals surface area contributed by atoms with Crippen molar-refractivity contribution in [3.8, 4) is 0 Å². The van der Waals surface area contributed by atoms with Gasteiger partial charge in [0.25, 0.3) is 0 Å². The van der Waals surface area contributed by atoms with E-state index in [1.165, 1.54) is 55.7 Å². The number of hydrogen-bond donors (Lipinski definition) is 1. The summed E-state index contributed by atoms with van der Waals surface area (Å²) >= 11 is 4.80. The van der Waals surface area contributed by atoms with Crippen molar-refractivity contribution in [2.75, 3.05) is 5.75 Å². The lowest BCUT2D eigenvalue weighted by molar-refractivity contribution is 0.758. The standard InChI is InChI=1S/C31H46S/c1-12-28-23(8)21(6)16-30(22(7)18(2)3)27(17-32)13-14-29(28)26(11)31-24(9)19(4)15-20(5)25(31)10/h15,26,32H,12-14,16-17H2,1-11H3/b23-21-,29-28+,30-27-. The molecule has 0 bridgehead atoms. The molecule has 1 aromatic carbocycles. The van der Waals surface area contributed by atoms with Crippen LogP contribution in [-0.2, 0) is 0 Å². The zero-order valence-electron chi connectivity index (χ0n) is 22.6. The molecule has 0 radical (unpaired) electrons. The van der Waals surface area contributed by atoms with Crippen LogP contribution < -0.4 is 0 Å². The quantitative estimate of drug-likeness (QED) is 0.424. The van der Waals surface area contributed by atoms with E-state index in [1.807, 2.05) is 0 Å². The number of hydrogen-bond acceptors (Lipinski definition) is 1. The van der Waals surface area contributed by atoms with E-state index >= 15 is 0 Å². The SMILES string of the molecule is CCC1=C(\C(C)c2c(C)c(C)cc(C)c2C)CC/C(CS)=C(/C(C)=C(C)C)C/C(C)=C\1C. The first kappa shape index (κ1) is 26.8. The number of rotatable bonds is 5. The summed E-state index contributed by atoms with van der Waals surface area (Å²) in [5.74, 6) is 1.27. The van der Waals surface area contributed by atoms with Crippen LogP contribution in [0.15, 0.2) is 50.7 Å². The molecule has 1 heteroatoms. The molecular formula is C31H46S. The normalized spacial score (nSPS) is 23.5. The molecule has 1 unspecified atom stereocenters. The van der Waals surface area contributed by atoms with Crippen LogP contribution in [0.1, 0.15) is 108 Å². The fourth-order valence-electron chi connectivity index (χ4n) is 5.52. The third kappa shape index (κ3) is 5.36. The highest BCUT2D eigenvalue weighted by atomic mass is 32.1. The Balaban J connectivity index is 2.77. The molecule has 1 atom stereocenters. The van der Waals surface area contributed by atoms with Gasteiger partial charge >= 0.3 is 0 Å². The Labute approximate surface area is 204 Å². The summed E-state index contributed by atoms with van der Waals surface area (Å²) < 4.78 is 0. The smallest absolute Gasteiger partial charge is 0.0119 e. The molecule has 2 rings (SSSR count). The van der Waals surface area contributed by atoms with E-state index in [9.17, 15) is 0 Å². The van der Waals surface area contributed by atoms with Gasteiger partial charge in [-0.15, -0.1) is 0 Å². The Bertz CT molecular complexity index is 977. The van der Waals surface area contributed by atoms with Crippen LogP contribution in [-0.4, -0.2) is 5.75 Å². The molecule has 1 aliphatic carbocycles. The van der Waals surface area contributed by atoms with Crippen molar-refractivity contribution in [2.45, 2.75) is 108 Å². The van der Waals surface area contributed by atoms with Gasteiger partial charge in [-0.3, -0.25) is 0 Å². The average molecular weight is 451 g/mol. The van der Waals surface area contributed by atoms with Crippen LogP contribution in [0.3, 0.4) is 0 Å². The summed E-state index contributed by atoms with van der Waals surface area (Å²) in [4.78, 5) is 0. The minimum absolute atomic E-state index is 0.429. The zero-order chi connectivity index (χ0) is 24.3. The highest BCUT2D eigenvalue weighted by Crippen LogP contribution is 2.42. The topological polar surface area (TPSA) is 0 Å². The maximum atomic E-state index is 4.80. The summed E-state index contributed by atoms with van der Waals surface area (Å²) in [6.07, 6.45) is 4.37. The molecule has 0 aromatic heterocycles. The van der Waals surface area contributed by atoms with Gasteiger partial charge in [0.15, 0.2) is 0 Å². The molecule has 1 aliphatic rings. The second kappa shape index (κ2) is 11.1. The summed E-state index contributed by atoms with van der Waals surface area (Å²) in [6, 6.07) is 2.35. The van der Waals surface area contributed by atoms with Crippen LogP contribution >= 0.6 is 12.6 Å². The summed E-state index contributed by atoms with van der Waals surface area (Å²) in [5, 5.41) is 0. The van der Waals surface area contributed by atoms with E-state index in [0.29, 0.717) is 5.92 Å². The predicted molar refractivity (Wildman–Crippen MR) is 148 cm³/mol. The van der Waals surface area contributed by atoms with Crippen molar-refractivity contribution in [3.05, 3.63) is 78.5 Å². The van der Waals surface area contributed by atoms with E-state index in [2.05, 4.69) is 82.2 Å². The van der Waals surface area contributed by atoms with Crippen LogP contribution in [0.25, 0.3) is 0 Å². The summed E-state index contributed by atoms with van der Waals surface area (Å²) in [7, 11) is 0. The van der Waals surface area contributed by atoms with Gasteiger partial charge in [0.2, 0.25) is 0 Å². The largest absolute Gasteiger partial charge is 0.175 e. The summed E-state index contributed by atoms with van der Waals surface area (Å²) in [5.41, 5.74) is 19.5. The fourth-order valence-corrected chi connectivity index (χ4v) is 5.87. The molecule has 0 heterocycles. The Hall–Kier alpha value is -1.47. The Kier molecular flexibility index (Phi) is 9.29. The van der Waals surface area contributed by atoms with Crippen molar-refractivity contribution in [3.63, 3.8) is 0 Å². The molecule has 0 aliphatic heterocycles. The zero-order valence-corrected chi connectivity index (χ0v) is 23.5. The van der Waals surface area contributed by atoms with Gasteiger partial charge in [-0.05, 0) is 138 Å². The van der Waals surface area contributed by atoms with Gasteiger partial charge in [-0.2, -0.15) is 12.6 Å². The van der Waals surface area contributed by atoms with Crippen LogP contribution in [0, 0.1) is 27.7 Å². The maximum absolute atomic E-state index is 4.80. The van der Waals surface area contributed by atoms with Crippen molar-refractivity contribution in [1.29, 1.82) is 0 Å². The van der Waals surface area contributed by atoms with Crippen molar-refractivity contribution >= 4 is 12.6 Å². The van der Waals surface area contributed by atoms with Gasteiger partial charge in [-0.25, -0.2) is 0 Å². The van der Waals surface area contributed by atoms with Crippen LogP contribution in [0.2, 0.25) is 0 Å². The monoisotopic (exact) mass is 450 g/mol. The van der Waals surface area contributed by atoms with Crippen molar-refractivity contribution in [1.82, 2.24) is 0 Å². The fraction of sp³-hybridized carbons (Fsp3) is 0.548. The molecule has 176 valence electrons. The summed E-state index contributed by atoms with van der Waals surface area (Å²) in [6.45, 7) is 25.5. The minimum atomic E-state index is 0.429. The molecular weight excluding hydrogens is 404 g/mol. The predicted octanol–water partition coefficient (Wildman–Crippen LogP) is 9.83. The Morgan fingerprint density at radius 2 is 1.50 bits per heavy atom. The first-order chi connectivity index (χ1) is 15.0. The van der Waals surface area contributed by atoms with E-state index < -0.39 is 0 Å². The number of benzene rings is 1. The molecule has 0 saturated carbocycles. The molecule has 32 heavy (non-hydrogen) atoms. The van der Waals surface area contributed by atoms with Gasteiger partial charge in [-0.1, -0.05) is 42.2 Å². The van der Waals surface area contributed by atoms with Gasteiger partial charge in [0, 0.05) is 11.7 Å². The van der Waals surface area contributed by atoms with E-state index in [-0.39, 0.29) is 0 Å². The van der Waals surface area contributed by atoms with E-state index in [0.717, 1.165) is 31.4 Å². The molecule has 0 fully saturated rings.